The summed E-state index contributed by atoms with van der Waals surface area (Å²) in [7, 11) is 0. The molecule has 1 aliphatic rings. The summed E-state index contributed by atoms with van der Waals surface area (Å²) in [5.41, 5.74) is 12.1. The number of halogens is 1. The number of carbonyl (C=O) groups is 1. The van der Waals surface area contributed by atoms with Crippen molar-refractivity contribution in [3.8, 4) is 0 Å². The standard InChI is InChI=1S/C13H19FN6O/c14-11-5-10(20(17)7-9(16)6-15)1-2-12(11)19-4-3-18-13(21)8-19/h1-2,5,7H,3-4,6,8,15-17H2,(H,18,21)/b9-7-. The lowest BCUT2D eigenvalue weighted by Gasteiger charge is -2.29. The molecule has 0 aromatic heterocycles. The van der Waals surface area contributed by atoms with Gasteiger partial charge in [-0.25, -0.2) is 10.2 Å². The van der Waals surface area contributed by atoms with Gasteiger partial charge in [0.2, 0.25) is 5.91 Å². The summed E-state index contributed by atoms with van der Waals surface area (Å²) in [6.45, 7) is 1.37. The second-order valence-corrected chi connectivity index (χ2v) is 4.72. The number of rotatable bonds is 4. The third kappa shape index (κ3) is 3.61. The van der Waals surface area contributed by atoms with Crippen molar-refractivity contribution in [3.63, 3.8) is 0 Å². The highest BCUT2D eigenvalue weighted by Crippen LogP contribution is 2.24. The van der Waals surface area contributed by atoms with Gasteiger partial charge in [-0.2, -0.15) is 0 Å². The van der Waals surface area contributed by atoms with Crippen LogP contribution in [-0.2, 0) is 4.79 Å². The molecule has 21 heavy (non-hydrogen) atoms. The molecule has 1 heterocycles. The Balaban J connectivity index is 2.19. The molecule has 8 heteroatoms. The minimum atomic E-state index is -0.447. The number of hydrazine groups is 1. The van der Waals surface area contributed by atoms with Crippen molar-refractivity contribution in [2.45, 2.75) is 0 Å². The number of nitrogens with zero attached hydrogens (tertiary/aromatic N) is 2. The van der Waals surface area contributed by atoms with Crippen LogP contribution in [0.2, 0.25) is 0 Å². The van der Waals surface area contributed by atoms with Gasteiger partial charge in [-0.1, -0.05) is 0 Å². The van der Waals surface area contributed by atoms with Crippen molar-refractivity contribution in [2.24, 2.45) is 17.3 Å². The van der Waals surface area contributed by atoms with Crippen LogP contribution in [0.1, 0.15) is 0 Å². The molecular formula is C13H19FN6O. The number of hydrogen-bond acceptors (Lipinski definition) is 6. The first kappa shape index (κ1) is 15.1. The number of nitrogens with two attached hydrogens (primary N) is 3. The molecule has 1 aromatic rings. The number of benzene rings is 1. The Morgan fingerprint density at radius 2 is 2.29 bits per heavy atom. The second kappa shape index (κ2) is 6.42. The first-order valence-corrected chi connectivity index (χ1v) is 6.52. The average molecular weight is 294 g/mol. The van der Waals surface area contributed by atoms with Crippen molar-refractivity contribution in [2.75, 3.05) is 36.1 Å². The Hall–Kier alpha value is -2.32. The van der Waals surface area contributed by atoms with E-state index in [0.717, 1.165) is 0 Å². The van der Waals surface area contributed by atoms with E-state index in [1.165, 1.54) is 17.3 Å². The second-order valence-electron chi connectivity index (χ2n) is 4.72. The zero-order chi connectivity index (χ0) is 15.4. The van der Waals surface area contributed by atoms with E-state index in [0.29, 0.717) is 30.2 Å². The maximum atomic E-state index is 14.2. The quantitative estimate of drug-likeness (QED) is 0.427. The molecule has 0 saturated carbocycles. The summed E-state index contributed by atoms with van der Waals surface area (Å²) in [6.07, 6.45) is 1.43. The van der Waals surface area contributed by atoms with Gasteiger partial charge in [-0.15, -0.1) is 0 Å². The fourth-order valence-electron chi connectivity index (χ4n) is 2.06. The minimum Gasteiger partial charge on any atom is -0.400 e. The number of anilines is 2. The highest BCUT2D eigenvalue weighted by Gasteiger charge is 2.19. The molecule has 2 rings (SSSR count). The Bertz CT molecular complexity index is 562. The van der Waals surface area contributed by atoms with Crippen molar-refractivity contribution in [1.82, 2.24) is 5.32 Å². The normalized spacial score (nSPS) is 15.9. The van der Waals surface area contributed by atoms with Crippen molar-refractivity contribution >= 4 is 17.3 Å². The SMILES string of the molecule is NC/C(N)=C/N(N)c1ccc(N2CCNC(=O)C2)c(F)c1. The molecule has 1 aromatic carbocycles. The van der Waals surface area contributed by atoms with E-state index in [4.69, 9.17) is 17.3 Å². The third-order valence-corrected chi connectivity index (χ3v) is 3.15. The van der Waals surface area contributed by atoms with E-state index >= 15 is 0 Å². The summed E-state index contributed by atoms with van der Waals surface area (Å²) in [6, 6.07) is 4.54. The molecular weight excluding hydrogens is 275 g/mol. The van der Waals surface area contributed by atoms with Crippen LogP contribution in [0.5, 0.6) is 0 Å². The van der Waals surface area contributed by atoms with Gasteiger partial charge in [-0.05, 0) is 12.1 Å². The Morgan fingerprint density at radius 3 is 2.90 bits per heavy atom. The van der Waals surface area contributed by atoms with E-state index in [1.807, 2.05) is 0 Å². The summed E-state index contributed by atoms with van der Waals surface area (Å²) < 4.78 is 14.2. The first-order valence-electron chi connectivity index (χ1n) is 6.52. The molecule has 7 N–H and O–H groups in total. The van der Waals surface area contributed by atoms with Crippen LogP contribution in [-0.4, -0.2) is 32.1 Å². The largest absolute Gasteiger partial charge is 0.400 e. The first-order chi connectivity index (χ1) is 10.0. The van der Waals surface area contributed by atoms with Gasteiger partial charge < -0.3 is 21.7 Å². The highest BCUT2D eigenvalue weighted by atomic mass is 19.1. The molecule has 1 aliphatic heterocycles. The lowest BCUT2D eigenvalue weighted by Crippen LogP contribution is -2.48. The highest BCUT2D eigenvalue weighted by molar-refractivity contribution is 5.82. The van der Waals surface area contributed by atoms with E-state index in [-0.39, 0.29) is 19.0 Å². The van der Waals surface area contributed by atoms with Crippen molar-refractivity contribution < 1.29 is 9.18 Å². The van der Waals surface area contributed by atoms with Crippen LogP contribution in [0, 0.1) is 5.82 Å². The van der Waals surface area contributed by atoms with Crippen LogP contribution in [0.15, 0.2) is 30.1 Å². The average Bonchev–Trinajstić information content (AvgIpc) is 2.46. The van der Waals surface area contributed by atoms with Crippen LogP contribution < -0.4 is 32.5 Å². The van der Waals surface area contributed by atoms with Gasteiger partial charge in [0.1, 0.15) is 5.82 Å². The Kier molecular flexibility index (Phi) is 4.61. The van der Waals surface area contributed by atoms with E-state index in [2.05, 4.69) is 5.32 Å². The molecule has 0 spiro atoms. The van der Waals surface area contributed by atoms with E-state index < -0.39 is 5.82 Å². The maximum absolute atomic E-state index is 14.2. The van der Waals surface area contributed by atoms with Gasteiger partial charge >= 0.3 is 0 Å². The van der Waals surface area contributed by atoms with Crippen LogP contribution in [0.25, 0.3) is 0 Å². The summed E-state index contributed by atoms with van der Waals surface area (Å²) in [4.78, 5) is 13.0. The van der Waals surface area contributed by atoms with Gasteiger partial charge in [0, 0.05) is 37.6 Å². The topological polar surface area (TPSA) is 114 Å². The van der Waals surface area contributed by atoms with Crippen LogP contribution >= 0.6 is 0 Å². The lowest BCUT2D eigenvalue weighted by atomic mass is 10.2. The van der Waals surface area contributed by atoms with E-state index in [1.54, 1.807) is 17.0 Å². The van der Waals surface area contributed by atoms with Gasteiger partial charge in [0.25, 0.3) is 0 Å². The fourth-order valence-corrected chi connectivity index (χ4v) is 2.06. The fraction of sp³-hybridized carbons (Fsp3) is 0.308. The Labute approximate surface area is 122 Å². The molecule has 114 valence electrons. The summed E-state index contributed by atoms with van der Waals surface area (Å²) in [5.74, 6) is 5.20. The van der Waals surface area contributed by atoms with Gasteiger partial charge in [0.05, 0.1) is 17.9 Å². The Morgan fingerprint density at radius 1 is 1.52 bits per heavy atom. The predicted octanol–water partition coefficient (Wildman–Crippen LogP) is -0.799. The molecule has 1 saturated heterocycles. The van der Waals surface area contributed by atoms with Crippen LogP contribution in [0.4, 0.5) is 15.8 Å². The third-order valence-electron chi connectivity index (χ3n) is 3.15. The number of carbonyl (C=O) groups excluding carboxylic acids is 1. The molecule has 0 unspecified atom stereocenters. The number of amides is 1. The smallest absolute Gasteiger partial charge is 0.239 e. The lowest BCUT2D eigenvalue weighted by molar-refractivity contribution is -0.120. The summed E-state index contributed by atoms with van der Waals surface area (Å²) >= 11 is 0. The number of hydrogen-bond donors (Lipinski definition) is 4. The molecule has 1 amide bonds. The molecule has 7 nitrogen and oxygen atoms in total. The summed E-state index contributed by atoms with van der Waals surface area (Å²) in [5, 5.41) is 3.90. The molecule has 0 bridgehead atoms. The zero-order valence-corrected chi connectivity index (χ0v) is 11.6. The number of nitrogens with one attached hydrogen (secondary N) is 1. The molecule has 1 fully saturated rings. The van der Waals surface area contributed by atoms with E-state index in [9.17, 15) is 9.18 Å². The van der Waals surface area contributed by atoms with Crippen molar-refractivity contribution in [3.05, 3.63) is 35.9 Å². The maximum Gasteiger partial charge on any atom is 0.239 e. The van der Waals surface area contributed by atoms with Crippen LogP contribution in [0.3, 0.4) is 0 Å². The molecule has 0 aliphatic carbocycles. The molecule has 0 atom stereocenters. The predicted molar refractivity (Wildman–Crippen MR) is 79.6 cm³/mol. The van der Waals surface area contributed by atoms with Gasteiger partial charge in [0.15, 0.2) is 0 Å². The van der Waals surface area contributed by atoms with Crippen molar-refractivity contribution in [1.29, 1.82) is 0 Å². The van der Waals surface area contributed by atoms with Gasteiger partial charge in [-0.3, -0.25) is 9.80 Å². The molecule has 0 radical (unpaired) electrons. The number of piperazine rings is 1. The zero-order valence-electron chi connectivity index (χ0n) is 11.6. The minimum absolute atomic E-state index is 0.121. The monoisotopic (exact) mass is 294 g/mol.